The van der Waals surface area contributed by atoms with E-state index in [2.05, 4.69) is 5.32 Å². The van der Waals surface area contributed by atoms with Crippen LogP contribution in [0.1, 0.15) is 34.3 Å². The number of anilines is 2. The molecule has 0 saturated carbocycles. The standard InChI is InChI=1S/C20H22N2O3/c1-14-4-9-18(22-11-2-3-19(22)24)17(13-14)20(25)21-16-7-5-15(6-8-16)10-12-23/h4-9,13,23H,2-3,10-12H2,1H3,(H,21,25). The molecule has 0 radical (unpaired) electrons. The van der Waals surface area contributed by atoms with Crippen LogP contribution < -0.4 is 10.2 Å². The first-order chi connectivity index (χ1) is 12.1. The molecular formula is C20H22N2O3. The average molecular weight is 338 g/mol. The Kier molecular flexibility index (Phi) is 5.14. The van der Waals surface area contributed by atoms with Crippen LogP contribution in [0.5, 0.6) is 0 Å². The van der Waals surface area contributed by atoms with Gasteiger partial charge >= 0.3 is 0 Å². The number of nitrogens with one attached hydrogen (secondary N) is 1. The van der Waals surface area contributed by atoms with Gasteiger partial charge in [0.2, 0.25) is 5.91 Å². The monoisotopic (exact) mass is 338 g/mol. The lowest BCUT2D eigenvalue weighted by Crippen LogP contribution is -2.27. The van der Waals surface area contributed by atoms with Gasteiger partial charge in [0.25, 0.3) is 5.91 Å². The Balaban J connectivity index is 1.83. The fourth-order valence-electron chi connectivity index (χ4n) is 3.05. The fraction of sp³-hybridized carbons (Fsp3) is 0.300. The molecule has 130 valence electrons. The smallest absolute Gasteiger partial charge is 0.257 e. The third kappa shape index (κ3) is 3.88. The van der Waals surface area contributed by atoms with E-state index in [1.54, 1.807) is 4.90 Å². The molecule has 1 aliphatic rings. The van der Waals surface area contributed by atoms with E-state index in [1.165, 1.54) is 0 Å². The second kappa shape index (κ2) is 7.49. The van der Waals surface area contributed by atoms with Crippen molar-refractivity contribution < 1.29 is 14.7 Å². The summed E-state index contributed by atoms with van der Waals surface area (Å²) in [5.74, 6) is -0.167. The lowest BCUT2D eigenvalue weighted by atomic mass is 10.1. The zero-order valence-electron chi connectivity index (χ0n) is 14.3. The zero-order valence-corrected chi connectivity index (χ0v) is 14.3. The summed E-state index contributed by atoms with van der Waals surface area (Å²) in [6.45, 7) is 2.68. The Hall–Kier alpha value is -2.66. The van der Waals surface area contributed by atoms with Crippen molar-refractivity contribution in [2.45, 2.75) is 26.2 Å². The second-order valence-electron chi connectivity index (χ2n) is 6.29. The summed E-state index contributed by atoms with van der Waals surface area (Å²) in [7, 11) is 0. The maximum Gasteiger partial charge on any atom is 0.257 e. The number of nitrogens with zero attached hydrogens (tertiary/aromatic N) is 1. The zero-order chi connectivity index (χ0) is 17.8. The van der Waals surface area contributed by atoms with Crippen LogP contribution in [-0.2, 0) is 11.2 Å². The lowest BCUT2D eigenvalue weighted by molar-refractivity contribution is -0.117. The number of rotatable bonds is 5. The van der Waals surface area contributed by atoms with E-state index < -0.39 is 0 Å². The molecule has 0 atom stereocenters. The maximum atomic E-state index is 12.8. The summed E-state index contributed by atoms with van der Waals surface area (Å²) >= 11 is 0. The number of carbonyl (C=O) groups excluding carboxylic acids is 2. The minimum absolute atomic E-state index is 0.0614. The number of amides is 2. The number of carbonyl (C=O) groups is 2. The maximum absolute atomic E-state index is 12.8. The molecular weight excluding hydrogens is 316 g/mol. The van der Waals surface area contributed by atoms with Gasteiger partial charge in [-0.2, -0.15) is 0 Å². The van der Waals surface area contributed by atoms with Crippen molar-refractivity contribution >= 4 is 23.2 Å². The van der Waals surface area contributed by atoms with Gasteiger partial charge in [0.05, 0.1) is 11.3 Å². The van der Waals surface area contributed by atoms with E-state index in [0.717, 1.165) is 17.5 Å². The van der Waals surface area contributed by atoms with Crippen LogP contribution in [0.15, 0.2) is 42.5 Å². The fourth-order valence-corrected chi connectivity index (χ4v) is 3.05. The van der Waals surface area contributed by atoms with Crippen LogP contribution in [0.3, 0.4) is 0 Å². The van der Waals surface area contributed by atoms with Crippen LogP contribution in [-0.4, -0.2) is 30.1 Å². The van der Waals surface area contributed by atoms with E-state index in [4.69, 9.17) is 5.11 Å². The van der Waals surface area contributed by atoms with Crippen LogP contribution in [0, 0.1) is 6.92 Å². The predicted molar refractivity (Wildman–Crippen MR) is 98.0 cm³/mol. The van der Waals surface area contributed by atoms with Crippen molar-refractivity contribution in [2.24, 2.45) is 0 Å². The Morgan fingerprint density at radius 2 is 1.96 bits per heavy atom. The van der Waals surface area contributed by atoms with Crippen molar-refractivity contribution in [3.8, 4) is 0 Å². The van der Waals surface area contributed by atoms with Gasteiger partial charge in [-0.25, -0.2) is 0 Å². The van der Waals surface area contributed by atoms with Gasteiger partial charge < -0.3 is 15.3 Å². The summed E-state index contributed by atoms with van der Waals surface area (Å²) in [6, 6.07) is 13.0. The highest BCUT2D eigenvalue weighted by Crippen LogP contribution is 2.27. The van der Waals surface area contributed by atoms with Crippen molar-refractivity contribution in [2.75, 3.05) is 23.4 Å². The quantitative estimate of drug-likeness (QED) is 0.881. The molecule has 2 aromatic rings. The molecule has 5 heteroatoms. The number of benzene rings is 2. The molecule has 1 saturated heterocycles. The molecule has 0 bridgehead atoms. The van der Waals surface area contributed by atoms with Gasteiger partial charge in [0.1, 0.15) is 0 Å². The summed E-state index contributed by atoms with van der Waals surface area (Å²) in [6.07, 6.45) is 1.94. The molecule has 1 fully saturated rings. The molecule has 0 aromatic heterocycles. The molecule has 2 amide bonds. The van der Waals surface area contributed by atoms with Gasteiger partial charge in [-0.3, -0.25) is 9.59 Å². The first-order valence-electron chi connectivity index (χ1n) is 8.50. The lowest BCUT2D eigenvalue weighted by Gasteiger charge is -2.20. The highest BCUT2D eigenvalue weighted by Gasteiger charge is 2.25. The molecule has 0 unspecified atom stereocenters. The minimum Gasteiger partial charge on any atom is -0.396 e. The molecule has 3 rings (SSSR count). The van der Waals surface area contributed by atoms with Crippen molar-refractivity contribution in [1.29, 1.82) is 0 Å². The SMILES string of the molecule is Cc1ccc(N2CCCC2=O)c(C(=O)Nc2ccc(CCO)cc2)c1. The number of aryl methyl sites for hydroxylation is 1. The molecule has 0 aliphatic carbocycles. The largest absolute Gasteiger partial charge is 0.396 e. The molecule has 2 aromatic carbocycles. The molecule has 2 N–H and O–H groups in total. The Labute approximate surface area is 147 Å². The average Bonchev–Trinajstić information content (AvgIpc) is 3.02. The highest BCUT2D eigenvalue weighted by atomic mass is 16.3. The third-order valence-electron chi connectivity index (χ3n) is 4.37. The van der Waals surface area contributed by atoms with E-state index in [1.807, 2.05) is 49.4 Å². The van der Waals surface area contributed by atoms with E-state index in [9.17, 15) is 9.59 Å². The molecule has 0 spiro atoms. The van der Waals surface area contributed by atoms with Gasteiger partial charge in [-0.05, 0) is 49.6 Å². The molecule has 1 heterocycles. The summed E-state index contributed by atoms with van der Waals surface area (Å²) in [5.41, 5.74) is 3.85. The first kappa shape index (κ1) is 17.2. The second-order valence-corrected chi connectivity index (χ2v) is 6.29. The minimum atomic E-state index is -0.228. The van der Waals surface area contributed by atoms with E-state index in [-0.39, 0.29) is 18.4 Å². The number of hydrogen-bond donors (Lipinski definition) is 2. The molecule has 25 heavy (non-hydrogen) atoms. The Morgan fingerprint density at radius 1 is 1.20 bits per heavy atom. The normalized spacial score (nSPS) is 14.0. The highest BCUT2D eigenvalue weighted by molar-refractivity contribution is 6.11. The number of aliphatic hydroxyl groups is 1. The summed E-state index contributed by atoms with van der Waals surface area (Å²) in [4.78, 5) is 26.5. The summed E-state index contributed by atoms with van der Waals surface area (Å²) < 4.78 is 0. The number of hydrogen-bond acceptors (Lipinski definition) is 3. The van der Waals surface area contributed by atoms with E-state index >= 15 is 0 Å². The third-order valence-corrected chi connectivity index (χ3v) is 4.37. The van der Waals surface area contributed by atoms with Gasteiger partial charge in [-0.15, -0.1) is 0 Å². The topological polar surface area (TPSA) is 69.6 Å². The van der Waals surface area contributed by atoms with Crippen LogP contribution in [0.2, 0.25) is 0 Å². The van der Waals surface area contributed by atoms with Gasteiger partial charge in [-0.1, -0.05) is 23.8 Å². The van der Waals surface area contributed by atoms with Crippen molar-refractivity contribution in [3.05, 3.63) is 59.2 Å². The van der Waals surface area contributed by atoms with Crippen LogP contribution in [0.25, 0.3) is 0 Å². The Morgan fingerprint density at radius 3 is 2.60 bits per heavy atom. The van der Waals surface area contributed by atoms with Crippen molar-refractivity contribution in [1.82, 2.24) is 0 Å². The van der Waals surface area contributed by atoms with Crippen LogP contribution >= 0.6 is 0 Å². The van der Waals surface area contributed by atoms with Gasteiger partial charge in [0, 0.05) is 25.3 Å². The predicted octanol–water partition coefficient (Wildman–Crippen LogP) is 2.91. The molecule has 5 nitrogen and oxygen atoms in total. The molecule has 1 aliphatic heterocycles. The van der Waals surface area contributed by atoms with Gasteiger partial charge in [0.15, 0.2) is 0 Å². The van der Waals surface area contributed by atoms with E-state index in [0.29, 0.717) is 36.3 Å². The first-order valence-corrected chi connectivity index (χ1v) is 8.50. The number of aliphatic hydroxyl groups excluding tert-OH is 1. The van der Waals surface area contributed by atoms with Crippen molar-refractivity contribution in [3.63, 3.8) is 0 Å². The summed E-state index contributed by atoms with van der Waals surface area (Å²) in [5, 5.41) is 11.9. The van der Waals surface area contributed by atoms with Crippen LogP contribution in [0.4, 0.5) is 11.4 Å². The Bertz CT molecular complexity index is 784.